The van der Waals surface area contributed by atoms with Gasteiger partial charge in [0.25, 0.3) is 0 Å². The molecule has 1 saturated heterocycles. The van der Waals surface area contributed by atoms with Crippen molar-refractivity contribution in [2.45, 2.75) is 19.4 Å². The number of nitrogens with one attached hydrogen (secondary N) is 1. The van der Waals surface area contributed by atoms with Crippen LogP contribution in [0.15, 0.2) is 29.8 Å². The zero-order valence-electron chi connectivity index (χ0n) is 15.3. The van der Waals surface area contributed by atoms with Gasteiger partial charge < -0.3 is 15.0 Å². The minimum atomic E-state index is -0.634. The second kappa shape index (κ2) is 8.34. The lowest BCUT2D eigenvalue weighted by atomic mass is 10.2. The number of aromatic nitrogens is 1. The minimum Gasteiger partial charge on any atom is -0.442 e. The van der Waals surface area contributed by atoms with Crippen LogP contribution in [0, 0.1) is 5.82 Å². The van der Waals surface area contributed by atoms with E-state index in [1.165, 1.54) is 47.2 Å². The average Bonchev–Trinajstić information content (AvgIpc) is 3.28. The van der Waals surface area contributed by atoms with Gasteiger partial charge in [0, 0.05) is 25.5 Å². The molecule has 0 radical (unpaired) electrons. The lowest BCUT2D eigenvalue weighted by Gasteiger charge is -2.20. The van der Waals surface area contributed by atoms with E-state index in [9.17, 15) is 18.8 Å². The van der Waals surface area contributed by atoms with Crippen molar-refractivity contribution in [1.82, 2.24) is 10.3 Å². The minimum absolute atomic E-state index is 0.0820. The number of carbonyl (C=O) groups is 3. The highest BCUT2D eigenvalue weighted by Gasteiger charge is 2.33. The zero-order chi connectivity index (χ0) is 20.3. The first-order valence-corrected chi connectivity index (χ1v) is 9.40. The van der Waals surface area contributed by atoms with Crippen molar-refractivity contribution < 1.29 is 23.5 Å². The summed E-state index contributed by atoms with van der Waals surface area (Å²) in [6.07, 6.45) is 0.563. The summed E-state index contributed by atoms with van der Waals surface area (Å²) in [5.41, 5.74) is 0.421. The molecule has 3 rings (SSSR count). The Kier molecular flexibility index (Phi) is 5.88. The van der Waals surface area contributed by atoms with Crippen molar-refractivity contribution in [1.29, 1.82) is 0 Å². The molecule has 8 nitrogen and oxygen atoms in total. The Labute approximate surface area is 164 Å². The van der Waals surface area contributed by atoms with Crippen molar-refractivity contribution >= 4 is 40.6 Å². The number of likely N-dealkylation sites (N-methyl/N-ethyl adjacent to an activating group) is 1. The second-order valence-electron chi connectivity index (χ2n) is 6.24. The van der Waals surface area contributed by atoms with Gasteiger partial charge in [-0.1, -0.05) is 0 Å². The predicted octanol–water partition coefficient (Wildman–Crippen LogP) is 1.95. The Morgan fingerprint density at radius 1 is 1.46 bits per heavy atom. The van der Waals surface area contributed by atoms with Crippen molar-refractivity contribution in [3.63, 3.8) is 0 Å². The number of hydrogen-bond acceptors (Lipinski definition) is 6. The van der Waals surface area contributed by atoms with Gasteiger partial charge >= 0.3 is 6.09 Å². The van der Waals surface area contributed by atoms with E-state index in [2.05, 4.69) is 10.3 Å². The molecule has 1 fully saturated rings. The van der Waals surface area contributed by atoms with E-state index in [-0.39, 0.29) is 37.0 Å². The number of ether oxygens (including phenoxy) is 1. The monoisotopic (exact) mass is 406 g/mol. The van der Waals surface area contributed by atoms with E-state index in [1.54, 1.807) is 17.6 Å². The van der Waals surface area contributed by atoms with Crippen LogP contribution >= 0.6 is 11.3 Å². The van der Waals surface area contributed by atoms with Crippen LogP contribution in [-0.2, 0) is 20.7 Å². The number of cyclic esters (lactones) is 1. The third-order valence-corrected chi connectivity index (χ3v) is 5.00. The molecule has 0 saturated carbocycles. The summed E-state index contributed by atoms with van der Waals surface area (Å²) in [7, 11) is 1.49. The third kappa shape index (κ3) is 4.45. The molecule has 0 bridgehead atoms. The maximum absolute atomic E-state index is 14.6. The largest absolute Gasteiger partial charge is 0.442 e. The van der Waals surface area contributed by atoms with Crippen LogP contribution < -0.4 is 15.1 Å². The van der Waals surface area contributed by atoms with Gasteiger partial charge in [-0.3, -0.25) is 14.5 Å². The topological polar surface area (TPSA) is 91.8 Å². The fourth-order valence-corrected chi connectivity index (χ4v) is 3.36. The van der Waals surface area contributed by atoms with Crippen LogP contribution in [0.4, 0.5) is 20.6 Å². The summed E-state index contributed by atoms with van der Waals surface area (Å²) in [4.78, 5) is 41.9. The SMILES string of the molecule is CC(=O)NCC1CN(c2ccc(N(C)C(=O)Cc3nccs3)c(F)c2)C(=O)O1. The van der Waals surface area contributed by atoms with E-state index in [4.69, 9.17) is 4.74 Å². The number of thiazole rings is 1. The highest BCUT2D eigenvalue weighted by molar-refractivity contribution is 7.09. The van der Waals surface area contributed by atoms with Crippen molar-refractivity contribution in [3.8, 4) is 0 Å². The van der Waals surface area contributed by atoms with Gasteiger partial charge in [-0.05, 0) is 18.2 Å². The lowest BCUT2D eigenvalue weighted by Crippen LogP contribution is -2.33. The summed E-state index contributed by atoms with van der Waals surface area (Å²) in [5.74, 6) is -1.15. The molecule has 1 N–H and O–H groups in total. The molecule has 0 aliphatic carbocycles. The fourth-order valence-electron chi connectivity index (χ4n) is 2.75. The Bertz CT molecular complexity index is 890. The Morgan fingerprint density at radius 2 is 2.25 bits per heavy atom. The molecule has 1 aliphatic heterocycles. The Morgan fingerprint density at radius 3 is 2.89 bits per heavy atom. The molecular formula is C18H19FN4O4S. The van der Waals surface area contributed by atoms with Crippen molar-refractivity contribution in [2.24, 2.45) is 0 Å². The molecule has 1 aromatic carbocycles. The average molecular weight is 406 g/mol. The summed E-state index contributed by atoms with van der Waals surface area (Å²) in [5, 5.41) is 5.00. The number of amides is 3. The van der Waals surface area contributed by atoms with Crippen molar-refractivity contribution in [3.05, 3.63) is 40.6 Å². The number of hydrogen-bond donors (Lipinski definition) is 1. The number of rotatable bonds is 6. The van der Waals surface area contributed by atoms with Crippen molar-refractivity contribution in [2.75, 3.05) is 29.9 Å². The Balaban J connectivity index is 1.69. The van der Waals surface area contributed by atoms with E-state index < -0.39 is 18.0 Å². The number of carbonyl (C=O) groups excluding carboxylic acids is 3. The molecule has 1 aliphatic rings. The normalized spacial score (nSPS) is 16.0. The smallest absolute Gasteiger partial charge is 0.414 e. The highest BCUT2D eigenvalue weighted by atomic mass is 32.1. The predicted molar refractivity (Wildman–Crippen MR) is 102 cm³/mol. The summed E-state index contributed by atoms with van der Waals surface area (Å²) in [6, 6.07) is 4.18. The van der Waals surface area contributed by atoms with Gasteiger partial charge in [-0.15, -0.1) is 11.3 Å². The maximum atomic E-state index is 14.6. The molecular weight excluding hydrogens is 387 g/mol. The molecule has 28 heavy (non-hydrogen) atoms. The van der Waals surface area contributed by atoms with Crippen LogP contribution in [0.2, 0.25) is 0 Å². The van der Waals surface area contributed by atoms with E-state index >= 15 is 0 Å². The first kappa shape index (κ1) is 19.7. The van der Waals surface area contributed by atoms with Crippen LogP contribution in [0.1, 0.15) is 11.9 Å². The van der Waals surface area contributed by atoms with E-state index in [0.717, 1.165) is 0 Å². The summed E-state index contributed by atoms with van der Waals surface area (Å²) < 4.78 is 19.8. The quantitative estimate of drug-likeness (QED) is 0.792. The standard InChI is InChI=1S/C18H19FN4O4S/c1-11(24)21-9-13-10-23(18(26)27-13)12-3-4-15(14(19)7-12)22(2)17(25)8-16-20-5-6-28-16/h3-7,13H,8-10H2,1-2H3,(H,21,24). The van der Waals surface area contributed by atoms with Crippen LogP contribution in [0.25, 0.3) is 0 Å². The molecule has 0 spiro atoms. The number of anilines is 2. The lowest BCUT2D eigenvalue weighted by molar-refractivity contribution is -0.119. The molecule has 3 amide bonds. The van der Waals surface area contributed by atoms with Crippen LogP contribution in [0.5, 0.6) is 0 Å². The molecule has 2 aromatic rings. The van der Waals surface area contributed by atoms with Gasteiger partial charge in [-0.25, -0.2) is 14.2 Å². The van der Waals surface area contributed by atoms with Gasteiger partial charge in [-0.2, -0.15) is 0 Å². The molecule has 10 heteroatoms. The highest BCUT2D eigenvalue weighted by Crippen LogP contribution is 2.28. The summed E-state index contributed by atoms with van der Waals surface area (Å²) >= 11 is 1.36. The first-order chi connectivity index (χ1) is 13.3. The van der Waals surface area contributed by atoms with Gasteiger partial charge in [0.1, 0.15) is 16.9 Å². The molecule has 1 aromatic heterocycles. The molecule has 2 heterocycles. The molecule has 1 unspecified atom stereocenters. The number of halogens is 1. The third-order valence-electron chi connectivity index (χ3n) is 4.22. The van der Waals surface area contributed by atoms with E-state index in [1.807, 2.05) is 0 Å². The zero-order valence-corrected chi connectivity index (χ0v) is 16.2. The van der Waals surface area contributed by atoms with Crippen LogP contribution in [-0.4, -0.2) is 49.1 Å². The second-order valence-corrected chi connectivity index (χ2v) is 7.22. The first-order valence-electron chi connectivity index (χ1n) is 8.52. The van der Waals surface area contributed by atoms with Gasteiger partial charge in [0.15, 0.2) is 0 Å². The number of nitrogens with zero attached hydrogens (tertiary/aromatic N) is 3. The summed E-state index contributed by atoms with van der Waals surface area (Å²) in [6.45, 7) is 1.75. The van der Waals surface area contributed by atoms with E-state index in [0.29, 0.717) is 10.7 Å². The van der Waals surface area contributed by atoms with Gasteiger partial charge in [0.05, 0.1) is 30.9 Å². The number of benzene rings is 1. The maximum Gasteiger partial charge on any atom is 0.414 e. The van der Waals surface area contributed by atoms with Gasteiger partial charge in [0.2, 0.25) is 11.8 Å². The Hall–Kier alpha value is -3.01. The molecule has 148 valence electrons. The van der Waals surface area contributed by atoms with Crippen LogP contribution in [0.3, 0.4) is 0 Å². The fraction of sp³-hybridized carbons (Fsp3) is 0.333. The molecule has 1 atom stereocenters.